The second kappa shape index (κ2) is 7.41. The van der Waals surface area contributed by atoms with Crippen molar-refractivity contribution in [2.24, 2.45) is 5.84 Å². The average Bonchev–Trinajstić information content (AvgIpc) is 2.42. The number of para-hydroxylation sites is 1. The van der Waals surface area contributed by atoms with Gasteiger partial charge in [0.15, 0.2) is 0 Å². The third kappa shape index (κ3) is 4.18. The number of amides is 1. The van der Waals surface area contributed by atoms with E-state index < -0.39 is 4.92 Å². The number of nitrogens with one attached hydrogen (secondary N) is 2. The van der Waals surface area contributed by atoms with Crippen molar-refractivity contribution in [3.05, 3.63) is 33.9 Å². The summed E-state index contributed by atoms with van der Waals surface area (Å²) in [6.07, 6.45) is 0.791. The fourth-order valence-corrected chi connectivity index (χ4v) is 1.73. The molecule has 1 aromatic carbocycles. The molecule has 0 saturated heterocycles. The van der Waals surface area contributed by atoms with Crippen molar-refractivity contribution in [3.8, 4) is 0 Å². The molecule has 20 heavy (non-hydrogen) atoms. The number of nitro groups is 1. The molecule has 0 aliphatic carbocycles. The maximum absolute atomic E-state index is 12.0. The molecular weight excluding hydrogens is 262 g/mol. The fraction of sp³-hybridized carbons (Fsp3) is 0.417. The molecule has 0 spiro atoms. The van der Waals surface area contributed by atoms with Gasteiger partial charge in [-0.25, -0.2) is 0 Å². The lowest BCUT2D eigenvalue weighted by molar-refractivity contribution is -0.384. The summed E-state index contributed by atoms with van der Waals surface area (Å²) in [6.45, 7) is 1.33. The van der Waals surface area contributed by atoms with E-state index >= 15 is 0 Å². The van der Waals surface area contributed by atoms with Crippen LogP contribution in [0.4, 0.5) is 11.4 Å². The lowest BCUT2D eigenvalue weighted by Crippen LogP contribution is -2.28. The highest BCUT2D eigenvalue weighted by atomic mass is 16.6. The summed E-state index contributed by atoms with van der Waals surface area (Å²) in [4.78, 5) is 24.3. The Morgan fingerprint density at radius 3 is 2.70 bits per heavy atom. The molecule has 1 amide bonds. The van der Waals surface area contributed by atoms with Gasteiger partial charge >= 0.3 is 0 Å². The van der Waals surface area contributed by atoms with Gasteiger partial charge in [0.1, 0.15) is 5.69 Å². The molecule has 0 radical (unpaired) electrons. The molecule has 0 atom stereocenters. The number of hydrogen-bond donors (Lipinski definition) is 3. The van der Waals surface area contributed by atoms with Gasteiger partial charge in [-0.2, -0.15) is 0 Å². The number of carbonyl (C=O) groups excluding carboxylic acids is 1. The number of carbonyl (C=O) groups is 1. The Balaban J connectivity index is 2.77. The Morgan fingerprint density at radius 1 is 1.45 bits per heavy atom. The van der Waals surface area contributed by atoms with Gasteiger partial charge in [-0.3, -0.25) is 20.8 Å². The molecule has 0 saturated carbocycles. The van der Waals surface area contributed by atoms with Gasteiger partial charge in [0.25, 0.3) is 11.6 Å². The van der Waals surface area contributed by atoms with E-state index in [1.165, 1.54) is 18.2 Å². The van der Waals surface area contributed by atoms with Crippen LogP contribution in [-0.2, 0) is 0 Å². The van der Waals surface area contributed by atoms with Crippen molar-refractivity contribution in [1.29, 1.82) is 0 Å². The van der Waals surface area contributed by atoms with E-state index in [4.69, 9.17) is 5.84 Å². The molecule has 1 aromatic rings. The highest BCUT2D eigenvalue weighted by molar-refractivity contribution is 6.01. The standard InChI is InChI=1S/C12H19N5O3/c1-16(2)8-4-7-14-12(18)9-5-3-6-10(17(19)20)11(9)15-13/h3,5-6,15H,4,7-8,13H2,1-2H3,(H,14,18). The van der Waals surface area contributed by atoms with E-state index in [0.29, 0.717) is 6.54 Å². The maximum atomic E-state index is 12.0. The van der Waals surface area contributed by atoms with E-state index in [2.05, 4.69) is 10.7 Å². The fourth-order valence-electron chi connectivity index (χ4n) is 1.73. The number of rotatable bonds is 7. The van der Waals surface area contributed by atoms with E-state index in [9.17, 15) is 14.9 Å². The highest BCUT2D eigenvalue weighted by Crippen LogP contribution is 2.27. The molecule has 1 rings (SSSR count). The van der Waals surface area contributed by atoms with Crippen molar-refractivity contribution in [2.75, 3.05) is 32.6 Å². The minimum atomic E-state index is -0.585. The zero-order chi connectivity index (χ0) is 15.1. The van der Waals surface area contributed by atoms with Crippen LogP contribution >= 0.6 is 0 Å². The number of benzene rings is 1. The normalized spacial score (nSPS) is 10.4. The molecule has 0 fully saturated rings. The van der Waals surface area contributed by atoms with Gasteiger partial charge in [0.05, 0.1) is 10.5 Å². The Bertz CT molecular complexity index is 490. The van der Waals surface area contributed by atoms with Crippen LogP contribution in [0, 0.1) is 10.1 Å². The largest absolute Gasteiger partial charge is 0.352 e. The number of anilines is 1. The molecule has 0 bridgehead atoms. The van der Waals surface area contributed by atoms with Crippen molar-refractivity contribution in [3.63, 3.8) is 0 Å². The van der Waals surface area contributed by atoms with E-state index in [0.717, 1.165) is 13.0 Å². The predicted molar refractivity (Wildman–Crippen MR) is 76.4 cm³/mol. The minimum Gasteiger partial charge on any atom is -0.352 e. The van der Waals surface area contributed by atoms with Crippen LogP contribution in [0.3, 0.4) is 0 Å². The number of nitro benzene ring substituents is 1. The number of hydrogen-bond acceptors (Lipinski definition) is 6. The average molecular weight is 281 g/mol. The van der Waals surface area contributed by atoms with Crippen LogP contribution in [0.2, 0.25) is 0 Å². The van der Waals surface area contributed by atoms with E-state index in [1.807, 2.05) is 19.0 Å². The van der Waals surface area contributed by atoms with Gasteiger partial charge in [-0.05, 0) is 33.1 Å². The van der Waals surface area contributed by atoms with Gasteiger partial charge in [-0.1, -0.05) is 6.07 Å². The molecule has 0 aromatic heterocycles. The smallest absolute Gasteiger partial charge is 0.294 e. The first-order valence-corrected chi connectivity index (χ1v) is 6.14. The zero-order valence-electron chi connectivity index (χ0n) is 11.5. The molecule has 0 aliphatic rings. The molecule has 8 nitrogen and oxygen atoms in total. The molecule has 4 N–H and O–H groups in total. The summed E-state index contributed by atoms with van der Waals surface area (Å²) in [7, 11) is 3.89. The first-order chi connectivity index (χ1) is 9.47. The van der Waals surface area contributed by atoms with Crippen LogP contribution in [0.5, 0.6) is 0 Å². The Labute approximate surface area is 117 Å². The Kier molecular flexibility index (Phi) is 5.88. The molecule has 0 aliphatic heterocycles. The van der Waals surface area contributed by atoms with Crippen LogP contribution < -0.4 is 16.6 Å². The van der Waals surface area contributed by atoms with E-state index in [1.54, 1.807) is 0 Å². The quantitative estimate of drug-likeness (QED) is 0.291. The van der Waals surface area contributed by atoms with Crippen LogP contribution in [-0.4, -0.2) is 42.9 Å². The number of nitrogens with zero attached hydrogens (tertiary/aromatic N) is 2. The van der Waals surface area contributed by atoms with Gasteiger partial charge < -0.3 is 15.6 Å². The molecule has 110 valence electrons. The Morgan fingerprint density at radius 2 is 2.15 bits per heavy atom. The Hall–Kier alpha value is -2.19. The van der Waals surface area contributed by atoms with Crippen molar-refractivity contribution >= 4 is 17.3 Å². The molecule has 8 heteroatoms. The first-order valence-electron chi connectivity index (χ1n) is 6.14. The summed E-state index contributed by atoms with van der Waals surface area (Å²) in [6, 6.07) is 4.23. The van der Waals surface area contributed by atoms with Gasteiger partial charge in [-0.15, -0.1) is 0 Å². The van der Waals surface area contributed by atoms with Gasteiger partial charge in [0.2, 0.25) is 0 Å². The molecule has 0 heterocycles. The lowest BCUT2D eigenvalue weighted by Gasteiger charge is -2.11. The lowest BCUT2D eigenvalue weighted by atomic mass is 10.1. The summed E-state index contributed by atoms with van der Waals surface area (Å²) >= 11 is 0. The number of hydrazine groups is 1. The molecular formula is C12H19N5O3. The second-order valence-electron chi connectivity index (χ2n) is 4.51. The van der Waals surface area contributed by atoms with Crippen LogP contribution in [0.15, 0.2) is 18.2 Å². The number of nitrogen functional groups attached to an aromatic ring is 1. The predicted octanol–water partition coefficient (Wildman–Crippen LogP) is 0.562. The SMILES string of the molecule is CN(C)CCCNC(=O)c1cccc([N+](=O)[O-])c1NN. The second-order valence-corrected chi connectivity index (χ2v) is 4.51. The monoisotopic (exact) mass is 281 g/mol. The summed E-state index contributed by atoms with van der Waals surface area (Å²) < 4.78 is 0. The zero-order valence-corrected chi connectivity index (χ0v) is 11.5. The maximum Gasteiger partial charge on any atom is 0.294 e. The topological polar surface area (TPSA) is 114 Å². The third-order valence-corrected chi connectivity index (χ3v) is 2.70. The summed E-state index contributed by atoms with van der Waals surface area (Å²) in [5.41, 5.74) is 2.17. The number of nitrogens with two attached hydrogens (primary N) is 1. The minimum absolute atomic E-state index is 0.0163. The highest BCUT2D eigenvalue weighted by Gasteiger charge is 2.20. The van der Waals surface area contributed by atoms with Crippen molar-refractivity contribution in [1.82, 2.24) is 10.2 Å². The van der Waals surface area contributed by atoms with Crippen molar-refractivity contribution in [2.45, 2.75) is 6.42 Å². The summed E-state index contributed by atoms with van der Waals surface area (Å²) in [5, 5.41) is 13.6. The summed E-state index contributed by atoms with van der Waals surface area (Å²) in [5.74, 6) is 4.89. The van der Waals surface area contributed by atoms with Gasteiger partial charge in [0, 0.05) is 12.6 Å². The van der Waals surface area contributed by atoms with Crippen LogP contribution in [0.25, 0.3) is 0 Å². The molecule has 0 unspecified atom stereocenters. The van der Waals surface area contributed by atoms with Crippen LogP contribution in [0.1, 0.15) is 16.8 Å². The first kappa shape index (κ1) is 15.9. The third-order valence-electron chi connectivity index (χ3n) is 2.70. The van der Waals surface area contributed by atoms with E-state index in [-0.39, 0.29) is 22.8 Å². The van der Waals surface area contributed by atoms with Crippen molar-refractivity contribution < 1.29 is 9.72 Å².